The molecule has 2 aliphatic heterocycles. The van der Waals surface area contributed by atoms with Crippen molar-refractivity contribution in [3.63, 3.8) is 0 Å². The molecule has 0 aromatic heterocycles. The molecule has 6 nitrogen and oxygen atoms in total. The second kappa shape index (κ2) is 9.67. The fourth-order valence-corrected chi connectivity index (χ4v) is 2.96. The minimum Gasteiger partial charge on any atom is -0.448 e. The van der Waals surface area contributed by atoms with E-state index in [-0.39, 0.29) is 0 Å². The van der Waals surface area contributed by atoms with E-state index in [2.05, 4.69) is 16.5 Å². The van der Waals surface area contributed by atoms with Gasteiger partial charge in [-0.2, -0.15) is 4.99 Å². The molecule has 1 amide bonds. The fourth-order valence-electron chi connectivity index (χ4n) is 2.96. The molecular formula is C17H29N3O3. The summed E-state index contributed by atoms with van der Waals surface area (Å²) in [4.78, 5) is 20.5. The van der Waals surface area contributed by atoms with Crippen LogP contribution in [-0.2, 0) is 9.47 Å². The third kappa shape index (κ3) is 6.31. The molecular weight excluding hydrogens is 294 g/mol. The Bertz CT molecular complexity index is 425. The summed E-state index contributed by atoms with van der Waals surface area (Å²) < 4.78 is 10.6. The van der Waals surface area contributed by atoms with E-state index in [0.717, 1.165) is 31.6 Å². The highest BCUT2D eigenvalue weighted by Gasteiger charge is 2.17. The molecule has 0 radical (unpaired) electrons. The molecule has 0 N–H and O–H groups in total. The number of rotatable bonds is 5. The number of carbonyl (C=O) groups is 1. The number of amidine groups is 1. The summed E-state index contributed by atoms with van der Waals surface area (Å²) in [5.74, 6) is 0.620. The van der Waals surface area contributed by atoms with Gasteiger partial charge in [0.25, 0.3) is 0 Å². The van der Waals surface area contributed by atoms with Gasteiger partial charge in [-0.05, 0) is 44.8 Å². The van der Waals surface area contributed by atoms with Crippen molar-refractivity contribution in [2.45, 2.75) is 32.6 Å². The number of morpholine rings is 1. The Morgan fingerprint density at radius 3 is 2.52 bits per heavy atom. The summed E-state index contributed by atoms with van der Waals surface area (Å²) in [5.41, 5.74) is 0.775. The molecule has 0 spiro atoms. The van der Waals surface area contributed by atoms with E-state index in [9.17, 15) is 4.79 Å². The molecule has 2 rings (SSSR count). The Balaban J connectivity index is 1.72. The minimum absolute atomic E-state index is 0.422. The molecule has 6 heteroatoms. The molecule has 130 valence electrons. The highest BCUT2D eigenvalue weighted by molar-refractivity contribution is 6.02. The van der Waals surface area contributed by atoms with Crippen molar-refractivity contribution >= 4 is 11.9 Å². The van der Waals surface area contributed by atoms with Crippen LogP contribution >= 0.6 is 0 Å². The van der Waals surface area contributed by atoms with E-state index in [1.807, 2.05) is 11.8 Å². The maximum Gasteiger partial charge on any atom is 0.435 e. The molecule has 0 atom stereocenters. The van der Waals surface area contributed by atoms with Gasteiger partial charge in [-0.25, -0.2) is 4.79 Å². The lowest BCUT2D eigenvalue weighted by molar-refractivity contribution is 0.0679. The Morgan fingerprint density at radius 1 is 1.17 bits per heavy atom. The van der Waals surface area contributed by atoms with Crippen LogP contribution in [-0.4, -0.2) is 74.3 Å². The summed E-state index contributed by atoms with van der Waals surface area (Å²) in [5, 5.41) is 0. The summed E-state index contributed by atoms with van der Waals surface area (Å²) in [7, 11) is 0. The average Bonchev–Trinajstić information content (AvgIpc) is 2.58. The lowest BCUT2D eigenvalue weighted by atomic mass is 10.1. The highest BCUT2D eigenvalue weighted by Crippen LogP contribution is 2.09. The van der Waals surface area contributed by atoms with Crippen LogP contribution in [0.25, 0.3) is 0 Å². The third-order valence-electron chi connectivity index (χ3n) is 4.18. The Kier molecular flexibility index (Phi) is 7.55. The van der Waals surface area contributed by atoms with Crippen LogP contribution in [0.2, 0.25) is 0 Å². The Morgan fingerprint density at radius 2 is 1.87 bits per heavy atom. The van der Waals surface area contributed by atoms with Gasteiger partial charge in [0.2, 0.25) is 0 Å². The SMILES string of the molecule is C=C(C)/C(=N/C(=O)OCCCN1CCCCC1)N1CCOCC1. The van der Waals surface area contributed by atoms with E-state index >= 15 is 0 Å². The van der Waals surface area contributed by atoms with Crippen LogP contribution in [0.4, 0.5) is 4.79 Å². The summed E-state index contributed by atoms with van der Waals surface area (Å²) in [6.45, 7) is 12.3. The predicted octanol–water partition coefficient (Wildman–Crippen LogP) is 2.31. The van der Waals surface area contributed by atoms with Crippen LogP contribution < -0.4 is 0 Å². The fraction of sp³-hybridized carbons (Fsp3) is 0.765. The lowest BCUT2D eigenvalue weighted by Gasteiger charge is -2.29. The predicted molar refractivity (Wildman–Crippen MR) is 90.9 cm³/mol. The summed E-state index contributed by atoms with van der Waals surface area (Å²) in [6, 6.07) is 0. The second-order valence-corrected chi connectivity index (χ2v) is 6.19. The molecule has 2 aliphatic rings. The zero-order valence-electron chi connectivity index (χ0n) is 14.3. The van der Waals surface area contributed by atoms with Crippen LogP contribution in [0.15, 0.2) is 17.1 Å². The zero-order valence-corrected chi connectivity index (χ0v) is 14.3. The molecule has 0 bridgehead atoms. The molecule has 2 heterocycles. The van der Waals surface area contributed by atoms with Gasteiger partial charge in [0.1, 0.15) is 5.84 Å². The van der Waals surface area contributed by atoms with Gasteiger partial charge < -0.3 is 19.3 Å². The number of piperidine rings is 1. The Hall–Kier alpha value is -1.40. The largest absolute Gasteiger partial charge is 0.448 e. The third-order valence-corrected chi connectivity index (χ3v) is 4.18. The van der Waals surface area contributed by atoms with Gasteiger partial charge in [0, 0.05) is 19.6 Å². The maximum atomic E-state index is 11.9. The number of hydrogen-bond acceptors (Lipinski definition) is 4. The molecule has 2 saturated heterocycles. The van der Waals surface area contributed by atoms with Crippen LogP contribution in [0.3, 0.4) is 0 Å². The van der Waals surface area contributed by atoms with E-state index in [4.69, 9.17) is 9.47 Å². The molecule has 0 unspecified atom stereocenters. The smallest absolute Gasteiger partial charge is 0.435 e. The van der Waals surface area contributed by atoms with Crippen LogP contribution in [0.1, 0.15) is 32.6 Å². The number of carbonyl (C=O) groups excluding carboxylic acids is 1. The number of nitrogens with zero attached hydrogens (tertiary/aromatic N) is 3. The maximum absolute atomic E-state index is 11.9. The van der Waals surface area contributed by atoms with Crippen molar-refractivity contribution in [2.24, 2.45) is 4.99 Å². The standard InChI is InChI=1S/C17H29N3O3/c1-15(2)16(20-10-13-22-14-11-20)18-17(21)23-12-6-9-19-7-4-3-5-8-19/h1,3-14H2,2H3/b18-16-. The molecule has 2 fully saturated rings. The average molecular weight is 323 g/mol. The van der Waals surface area contributed by atoms with Gasteiger partial charge >= 0.3 is 6.09 Å². The first-order valence-electron chi connectivity index (χ1n) is 8.63. The van der Waals surface area contributed by atoms with Crippen molar-refractivity contribution in [3.8, 4) is 0 Å². The number of hydrogen-bond donors (Lipinski definition) is 0. The number of ether oxygens (including phenoxy) is 2. The van der Waals surface area contributed by atoms with E-state index in [1.165, 1.54) is 32.4 Å². The monoisotopic (exact) mass is 323 g/mol. The van der Waals surface area contributed by atoms with Crippen molar-refractivity contribution in [1.82, 2.24) is 9.80 Å². The first-order valence-corrected chi connectivity index (χ1v) is 8.63. The summed E-state index contributed by atoms with van der Waals surface area (Å²) in [6.07, 6.45) is 4.25. The zero-order chi connectivity index (χ0) is 16.5. The van der Waals surface area contributed by atoms with Gasteiger partial charge in [0.15, 0.2) is 0 Å². The number of aliphatic imine (C=N–C) groups is 1. The molecule has 0 aliphatic carbocycles. The number of amides is 1. The van der Waals surface area contributed by atoms with Crippen molar-refractivity contribution in [2.75, 3.05) is 52.5 Å². The molecule has 0 saturated carbocycles. The first-order chi connectivity index (χ1) is 11.2. The van der Waals surface area contributed by atoms with Crippen molar-refractivity contribution in [3.05, 3.63) is 12.2 Å². The van der Waals surface area contributed by atoms with Crippen molar-refractivity contribution < 1.29 is 14.3 Å². The quantitative estimate of drug-likeness (QED) is 0.441. The van der Waals surface area contributed by atoms with Crippen LogP contribution in [0.5, 0.6) is 0 Å². The second-order valence-electron chi connectivity index (χ2n) is 6.19. The molecule has 23 heavy (non-hydrogen) atoms. The summed E-state index contributed by atoms with van der Waals surface area (Å²) >= 11 is 0. The van der Waals surface area contributed by atoms with Gasteiger partial charge in [-0.15, -0.1) is 0 Å². The van der Waals surface area contributed by atoms with Gasteiger partial charge in [-0.1, -0.05) is 13.0 Å². The van der Waals surface area contributed by atoms with E-state index < -0.39 is 6.09 Å². The van der Waals surface area contributed by atoms with Crippen molar-refractivity contribution in [1.29, 1.82) is 0 Å². The van der Waals surface area contributed by atoms with E-state index in [1.54, 1.807) is 0 Å². The highest BCUT2D eigenvalue weighted by atomic mass is 16.5. The molecule has 0 aromatic carbocycles. The normalized spacial score (nSPS) is 20.4. The van der Waals surface area contributed by atoms with Gasteiger partial charge in [0.05, 0.1) is 19.8 Å². The molecule has 0 aromatic rings. The minimum atomic E-state index is -0.520. The number of likely N-dealkylation sites (tertiary alicyclic amines) is 1. The van der Waals surface area contributed by atoms with Gasteiger partial charge in [-0.3, -0.25) is 0 Å². The topological polar surface area (TPSA) is 54.4 Å². The first kappa shape index (κ1) is 17.9. The Labute approximate surface area is 139 Å². The van der Waals surface area contributed by atoms with E-state index in [0.29, 0.717) is 25.7 Å². The lowest BCUT2D eigenvalue weighted by Crippen LogP contribution is -2.41. The van der Waals surface area contributed by atoms with Crippen LogP contribution in [0, 0.1) is 0 Å².